The van der Waals surface area contributed by atoms with Crippen molar-refractivity contribution in [2.45, 2.75) is 11.8 Å². The van der Waals surface area contributed by atoms with Gasteiger partial charge >= 0.3 is 0 Å². The Morgan fingerprint density at radius 2 is 1.67 bits per heavy atom. The average Bonchev–Trinajstić information content (AvgIpc) is 2.56. The first-order valence-electron chi connectivity index (χ1n) is 7.08. The molecule has 0 spiro atoms. The smallest absolute Gasteiger partial charge is 0.265 e. The monoisotopic (exact) mass is 415 g/mol. The van der Waals surface area contributed by atoms with Crippen LogP contribution in [-0.4, -0.2) is 29.2 Å². The number of rotatable bonds is 7. The zero-order chi connectivity index (χ0) is 17.7. The van der Waals surface area contributed by atoms with Crippen LogP contribution >= 0.6 is 15.9 Å². The zero-order valence-electron chi connectivity index (χ0n) is 13.5. The van der Waals surface area contributed by atoms with Crippen molar-refractivity contribution in [2.75, 3.05) is 25.5 Å². The molecule has 1 N–H and O–H groups in total. The Bertz CT molecular complexity index is 823. The molecule has 0 aromatic heterocycles. The Hall–Kier alpha value is -1.93. The molecule has 0 fully saturated rings. The molecule has 0 bridgehead atoms. The first-order chi connectivity index (χ1) is 11.4. The number of ether oxygens (including phenoxy) is 3. The maximum atomic E-state index is 12.7. The summed E-state index contributed by atoms with van der Waals surface area (Å²) < 4.78 is 44.3. The summed E-state index contributed by atoms with van der Waals surface area (Å²) in [5.41, 5.74) is 0.357. The molecule has 130 valence electrons. The molecule has 0 saturated carbocycles. The second kappa shape index (κ2) is 7.76. The van der Waals surface area contributed by atoms with Crippen LogP contribution in [0.15, 0.2) is 45.8 Å². The summed E-state index contributed by atoms with van der Waals surface area (Å²) in [4.78, 5) is 0.0495. The molecule has 6 nitrogen and oxygen atoms in total. The summed E-state index contributed by atoms with van der Waals surface area (Å²) in [5.74, 6) is 1.23. The number of methoxy groups -OCH3 is 2. The summed E-state index contributed by atoms with van der Waals surface area (Å²) in [6, 6.07) is 9.60. The molecule has 0 aliphatic carbocycles. The number of sulfonamides is 1. The lowest BCUT2D eigenvalue weighted by atomic mass is 10.3. The number of hydrogen-bond acceptors (Lipinski definition) is 5. The van der Waals surface area contributed by atoms with Gasteiger partial charge in [0.25, 0.3) is 10.0 Å². The highest BCUT2D eigenvalue weighted by atomic mass is 79.9. The molecule has 0 radical (unpaired) electrons. The van der Waals surface area contributed by atoms with Crippen LogP contribution in [-0.2, 0) is 10.0 Å². The standard InChI is InChI=1S/C16H18BrNO5S/c1-4-23-14-7-5-11(17)9-16(14)24(19,20)18-12-6-8-13(21-2)15(10-12)22-3/h5-10,18H,4H2,1-3H3. The minimum Gasteiger partial charge on any atom is -0.493 e. The van der Waals surface area contributed by atoms with Crippen molar-refractivity contribution in [1.29, 1.82) is 0 Å². The van der Waals surface area contributed by atoms with Gasteiger partial charge in [0.15, 0.2) is 11.5 Å². The van der Waals surface area contributed by atoms with Gasteiger partial charge in [-0.1, -0.05) is 15.9 Å². The Labute approximate surface area is 149 Å². The first kappa shape index (κ1) is 18.4. The van der Waals surface area contributed by atoms with Gasteiger partial charge in [-0.15, -0.1) is 0 Å². The van der Waals surface area contributed by atoms with E-state index >= 15 is 0 Å². The fourth-order valence-corrected chi connectivity index (χ4v) is 3.81. The molecule has 0 heterocycles. The van der Waals surface area contributed by atoms with Crippen molar-refractivity contribution in [1.82, 2.24) is 0 Å². The lowest BCUT2D eigenvalue weighted by Gasteiger charge is -2.14. The van der Waals surface area contributed by atoms with Crippen molar-refractivity contribution in [3.8, 4) is 17.2 Å². The van der Waals surface area contributed by atoms with E-state index in [1.165, 1.54) is 20.3 Å². The topological polar surface area (TPSA) is 73.9 Å². The molecule has 24 heavy (non-hydrogen) atoms. The minimum absolute atomic E-state index is 0.0495. The van der Waals surface area contributed by atoms with Gasteiger partial charge in [0.05, 0.1) is 26.5 Å². The molecule has 0 saturated heterocycles. The third-order valence-electron chi connectivity index (χ3n) is 3.13. The van der Waals surface area contributed by atoms with Gasteiger partial charge in [0, 0.05) is 10.5 Å². The molecular formula is C16H18BrNO5S. The van der Waals surface area contributed by atoms with Crippen LogP contribution < -0.4 is 18.9 Å². The van der Waals surface area contributed by atoms with Crippen LogP contribution in [0.4, 0.5) is 5.69 Å². The highest BCUT2D eigenvalue weighted by Gasteiger charge is 2.21. The lowest BCUT2D eigenvalue weighted by Crippen LogP contribution is -2.14. The molecule has 2 aromatic rings. The van der Waals surface area contributed by atoms with Gasteiger partial charge in [0.1, 0.15) is 10.6 Å². The third-order valence-corrected chi connectivity index (χ3v) is 5.03. The molecule has 0 unspecified atom stereocenters. The SMILES string of the molecule is CCOc1ccc(Br)cc1S(=O)(=O)Nc1ccc(OC)c(OC)c1. The van der Waals surface area contributed by atoms with Gasteiger partial charge in [-0.2, -0.15) is 0 Å². The van der Waals surface area contributed by atoms with E-state index in [-0.39, 0.29) is 10.6 Å². The molecule has 0 atom stereocenters. The number of anilines is 1. The minimum atomic E-state index is -3.83. The van der Waals surface area contributed by atoms with Crippen molar-refractivity contribution < 1.29 is 22.6 Å². The van der Waals surface area contributed by atoms with Crippen LogP contribution in [0.5, 0.6) is 17.2 Å². The van der Waals surface area contributed by atoms with Crippen molar-refractivity contribution in [2.24, 2.45) is 0 Å². The van der Waals surface area contributed by atoms with Crippen molar-refractivity contribution in [3.05, 3.63) is 40.9 Å². The summed E-state index contributed by atoms with van der Waals surface area (Å²) >= 11 is 3.28. The molecule has 2 aromatic carbocycles. The molecular weight excluding hydrogens is 398 g/mol. The van der Waals surface area contributed by atoms with Gasteiger partial charge in [0.2, 0.25) is 0 Å². The quantitative estimate of drug-likeness (QED) is 0.746. The van der Waals surface area contributed by atoms with E-state index in [4.69, 9.17) is 14.2 Å². The number of hydrogen-bond donors (Lipinski definition) is 1. The van der Waals surface area contributed by atoms with Gasteiger partial charge in [-0.25, -0.2) is 8.42 Å². The molecule has 0 amide bonds. The maximum absolute atomic E-state index is 12.7. The summed E-state index contributed by atoms with van der Waals surface area (Å²) in [6.45, 7) is 2.15. The highest BCUT2D eigenvalue weighted by molar-refractivity contribution is 9.10. The zero-order valence-corrected chi connectivity index (χ0v) is 15.9. The second-order valence-electron chi connectivity index (χ2n) is 4.70. The largest absolute Gasteiger partial charge is 0.493 e. The number of nitrogens with one attached hydrogen (secondary N) is 1. The van der Waals surface area contributed by atoms with E-state index in [2.05, 4.69) is 20.7 Å². The van der Waals surface area contributed by atoms with Crippen LogP contribution in [0.1, 0.15) is 6.92 Å². The summed E-state index contributed by atoms with van der Waals surface area (Å²) in [7, 11) is -0.839. The molecule has 2 rings (SSSR count). The summed E-state index contributed by atoms with van der Waals surface area (Å²) in [5, 5.41) is 0. The highest BCUT2D eigenvalue weighted by Crippen LogP contribution is 2.33. The van der Waals surface area contributed by atoms with Gasteiger partial charge in [-0.05, 0) is 37.3 Å². The van der Waals surface area contributed by atoms with E-state index in [0.717, 1.165) is 0 Å². The number of benzene rings is 2. The Kier molecular flexibility index (Phi) is 5.95. The van der Waals surface area contributed by atoms with Crippen LogP contribution in [0, 0.1) is 0 Å². The molecule has 0 aliphatic rings. The summed E-state index contributed by atoms with van der Waals surface area (Å²) in [6.07, 6.45) is 0. The Morgan fingerprint density at radius 1 is 1.00 bits per heavy atom. The van der Waals surface area contributed by atoms with E-state index in [0.29, 0.717) is 28.3 Å². The van der Waals surface area contributed by atoms with Crippen molar-refractivity contribution >= 4 is 31.6 Å². The normalized spacial score (nSPS) is 11.0. The average molecular weight is 416 g/mol. The van der Waals surface area contributed by atoms with Gasteiger partial charge < -0.3 is 14.2 Å². The van der Waals surface area contributed by atoms with E-state index in [9.17, 15) is 8.42 Å². The van der Waals surface area contributed by atoms with E-state index < -0.39 is 10.0 Å². The predicted molar refractivity (Wildman–Crippen MR) is 95.7 cm³/mol. The van der Waals surface area contributed by atoms with Crippen molar-refractivity contribution in [3.63, 3.8) is 0 Å². The molecule has 8 heteroatoms. The van der Waals surface area contributed by atoms with Crippen LogP contribution in [0.3, 0.4) is 0 Å². The second-order valence-corrected chi connectivity index (χ2v) is 7.27. The lowest BCUT2D eigenvalue weighted by molar-refractivity contribution is 0.331. The Morgan fingerprint density at radius 3 is 2.29 bits per heavy atom. The van der Waals surface area contributed by atoms with Gasteiger partial charge in [-0.3, -0.25) is 4.72 Å². The third kappa shape index (κ3) is 4.12. The predicted octanol–water partition coefficient (Wildman–Crippen LogP) is 3.67. The fourth-order valence-electron chi connectivity index (χ4n) is 2.08. The van der Waals surface area contributed by atoms with Crippen LogP contribution in [0.25, 0.3) is 0 Å². The van der Waals surface area contributed by atoms with E-state index in [1.807, 2.05) is 0 Å². The molecule has 0 aliphatic heterocycles. The maximum Gasteiger partial charge on any atom is 0.265 e. The van der Waals surface area contributed by atoms with E-state index in [1.54, 1.807) is 37.3 Å². The van der Waals surface area contributed by atoms with Crippen LogP contribution in [0.2, 0.25) is 0 Å². The fraction of sp³-hybridized carbons (Fsp3) is 0.250. The number of halogens is 1. The first-order valence-corrected chi connectivity index (χ1v) is 9.36. The Balaban J connectivity index is 2.40.